The van der Waals surface area contributed by atoms with Crippen molar-refractivity contribution < 1.29 is 14.3 Å². The van der Waals surface area contributed by atoms with Gasteiger partial charge in [-0.15, -0.1) is 0 Å². The lowest BCUT2D eigenvalue weighted by atomic mass is 10.0. The summed E-state index contributed by atoms with van der Waals surface area (Å²) in [6.07, 6.45) is 2.15. The Balaban J connectivity index is 1.12. The second kappa shape index (κ2) is 12.9. The SMILES string of the molecule is O=C(CN1CCN(C(C2=COC(Cc3ccccc3)O2)c2ccccc2)CC1)N(c1ccccc1)c1ccccc1. The quantitative estimate of drug-likeness (QED) is 0.252. The molecule has 2 unspecified atom stereocenters. The number of hydrogen-bond acceptors (Lipinski definition) is 5. The molecule has 6 rings (SSSR count). The van der Waals surface area contributed by atoms with Crippen LogP contribution in [-0.4, -0.2) is 54.7 Å². The first-order valence-electron chi connectivity index (χ1n) is 14.2. The lowest BCUT2D eigenvalue weighted by Gasteiger charge is -2.39. The largest absolute Gasteiger partial charge is 0.459 e. The maximum atomic E-state index is 13.7. The number of benzene rings is 4. The molecular weight excluding hydrogens is 510 g/mol. The molecule has 0 radical (unpaired) electrons. The molecule has 1 amide bonds. The van der Waals surface area contributed by atoms with Crippen LogP contribution in [0.1, 0.15) is 17.2 Å². The fraction of sp³-hybridized carbons (Fsp3) is 0.229. The lowest BCUT2D eigenvalue weighted by molar-refractivity contribution is -0.119. The van der Waals surface area contributed by atoms with E-state index in [1.54, 1.807) is 6.26 Å². The zero-order valence-corrected chi connectivity index (χ0v) is 23.1. The van der Waals surface area contributed by atoms with Crippen molar-refractivity contribution in [3.63, 3.8) is 0 Å². The topological polar surface area (TPSA) is 45.3 Å². The van der Waals surface area contributed by atoms with Gasteiger partial charge in [-0.05, 0) is 35.4 Å². The minimum Gasteiger partial charge on any atom is -0.459 e. The molecule has 1 fully saturated rings. The van der Waals surface area contributed by atoms with Crippen molar-refractivity contribution in [1.82, 2.24) is 9.80 Å². The van der Waals surface area contributed by atoms with E-state index in [0.29, 0.717) is 13.0 Å². The number of hydrogen-bond donors (Lipinski definition) is 0. The van der Waals surface area contributed by atoms with Crippen LogP contribution in [0.5, 0.6) is 0 Å². The van der Waals surface area contributed by atoms with Crippen LogP contribution in [0.2, 0.25) is 0 Å². The number of rotatable bonds is 9. The molecule has 0 saturated carbocycles. The van der Waals surface area contributed by atoms with E-state index in [1.807, 2.05) is 89.8 Å². The summed E-state index contributed by atoms with van der Waals surface area (Å²) < 4.78 is 12.4. The van der Waals surface area contributed by atoms with Gasteiger partial charge in [0.05, 0.1) is 12.6 Å². The average molecular weight is 546 g/mol. The van der Waals surface area contributed by atoms with Gasteiger partial charge in [0.15, 0.2) is 5.76 Å². The van der Waals surface area contributed by atoms with Gasteiger partial charge in [0, 0.05) is 44.0 Å². The average Bonchev–Trinajstić information content (AvgIpc) is 3.48. The van der Waals surface area contributed by atoms with Gasteiger partial charge in [-0.3, -0.25) is 19.5 Å². The third-order valence-corrected chi connectivity index (χ3v) is 7.64. The molecule has 6 nitrogen and oxygen atoms in total. The summed E-state index contributed by atoms with van der Waals surface area (Å²) in [5, 5.41) is 0. The van der Waals surface area contributed by atoms with Gasteiger partial charge in [-0.2, -0.15) is 0 Å². The van der Waals surface area contributed by atoms with Gasteiger partial charge in [0.25, 0.3) is 0 Å². The molecule has 2 aliphatic rings. The van der Waals surface area contributed by atoms with Crippen molar-refractivity contribution in [1.29, 1.82) is 0 Å². The number of anilines is 2. The summed E-state index contributed by atoms with van der Waals surface area (Å²) >= 11 is 0. The Morgan fingerprint density at radius 2 is 1.27 bits per heavy atom. The fourth-order valence-electron chi connectivity index (χ4n) is 5.60. The Hall–Kier alpha value is -4.39. The summed E-state index contributed by atoms with van der Waals surface area (Å²) in [7, 11) is 0. The number of carbonyl (C=O) groups is 1. The van der Waals surface area contributed by atoms with Crippen LogP contribution < -0.4 is 4.90 Å². The Morgan fingerprint density at radius 3 is 1.85 bits per heavy atom. The zero-order valence-electron chi connectivity index (χ0n) is 23.1. The molecule has 1 saturated heterocycles. The number of amides is 1. The number of ether oxygens (including phenoxy) is 2. The molecule has 4 aromatic rings. The molecule has 41 heavy (non-hydrogen) atoms. The lowest BCUT2D eigenvalue weighted by Crippen LogP contribution is -2.50. The highest BCUT2D eigenvalue weighted by molar-refractivity contribution is 6.01. The monoisotopic (exact) mass is 545 g/mol. The molecule has 4 aromatic carbocycles. The van der Waals surface area contributed by atoms with E-state index in [-0.39, 0.29) is 18.2 Å². The molecule has 2 heterocycles. The first kappa shape index (κ1) is 26.8. The summed E-state index contributed by atoms with van der Waals surface area (Å²) in [6.45, 7) is 3.55. The van der Waals surface area contributed by atoms with Crippen LogP contribution in [0.15, 0.2) is 133 Å². The van der Waals surface area contributed by atoms with Gasteiger partial charge >= 0.3 is 0 Å². The second-order valence-corrected chi connectivity index (χ2v) is 10.4. The van der Waals surface area contributed by atoms with Crippen molar-refractivity contribution in [2.45, 2.75) is 18.8 Å². The third-order valence-electron chi connectivity index (χ3n) is 7.64. The van der Waals surface area contributed by atoms with Crippen LogP contribution in [0.25, 0.3) is 0 Å². The molecule has 0 spiro atoms. The van der Waals surface area contributed by atoms with Crippen molar-refractivity contribution in [3.8, 4) is 0 Å². The molecule has 0 aromatic heterocycles. The Bertz CT molecular complexity index is 1380. The predicted octanol–water partition coefficient (Wildman–Crippen LogP) is 6.17. The fourth-order valence-corrected chi connectivity index (χ4v) is 5.60. The standard InChI is InChI=1S/C35H35N3O3/c39-33(38(30-17-9-3-10-18-30)31-19-11-4-12-20-31)26-36-21-23-37(24-22-36)35(29-15-7-2-8-16-29)32-27-40-34(41-32)25-28-13-5-1-6-14-28/h1-20,27,34-35H,21-26H2. The first-order chi connectivity index (χ1) is 20.2. The third kappa shape index (κ3) is 6.51. The molecule has 0 aliphatic carbocycles. The Morgan fingerprint density at radius 1 is 0.732 bits per heavy atom. The predicted molar refractivity (Wildman–Crippen MR) is 161 cm³/mol. The van der Waals surface area contributed by atoms with Crippen molar-refractivity contribution in [2.75, 3.05) is 37.6 Å². The minimum absolute atomic E-state index is 0.0417. The maximum Gasteiger partial charge on any atom is 0.245 e. The van der Waals surface area contributed by atoms with Gasteiger partial charge in [-0.1, -0.05) is 97.1 Å². The van der Waals surface area contributed by atoms with Crippen molar-refractivity contribution in [2.24, 2.45) is 0 Å². The molecule has 2 atom stereocenters. The van der Waals surface area contributed by atoms with Crippen LogP contribution in [0.4, 0.5) is 11.4 Å². The number of nitrogens with zero attached hydrogens (tertiary/aromatic N) is 3. The number of carbonyl (C=O) groups excluding carboxylic acids is 1. The van der Waals surface area contributed by atoms with Gasteiger partial charge in [0.2, 0.25) is 12.2 Å². The number of piperazine rings is 1. The van der Waals surface area contributed by atoms with Gasteiger partial charge in [0.1, 0.15) is 6.26 Å². The van der Waals surface area contributed by atoms with E-state index in [0.717, 1.165) is 43.3 Å². The Labute approximate surface area is 242 Å². The van der Waals surface area contributed by atoms with Crippen LogP contribution in [0, 0.1) is 0 Å². The van der Waals surface area contributed by atoms with E-state index in [2.05, 4.69) is 46.2 Å². The highest BCUT2D eigenvalue weighted by Gasteiger charge is 2.34. The van der Waals surface area contributed by atoms with E-state index in [9.17, 15) is 4.79 Å². The zero-order chi connectivity index (χ0) is 27.9. The van der Waals surface area contributed by atoms with Gasteiger partial charge in [-0.25, -0.2) is 0 Å². The highest BCUT2D eigenvalue weighted by atomic mass is 16.7. The van der Waals surface area contributed by atoms with Crippen molar-refractivity contribution in [3.05, 3.63) is 144 Å². The Kier molecular flexibility index (Phi) is 8.41. The highest BCUT2D eigenvalue weighted by Crippen LogP contribution is 2.35. The molecule has 6 heteroatoms. The molecule has 0 bridgehead atoms. The van der Waals surface area contributed by atoms with E-state index >= 15 is 0 Å². The van der Waals surface area contributed by atoms with E-state index in [4.69, 9.17) is 9.47 Å². The second-order valence-electron chi connectivity index (χ2n) is 10.4. The molecule has 0 N–H and O–H groups in total. The summed E-state index contributed by atoms with van der Waals surface area (Å²) in [6, 6.07) is 40.4. The minimum atomic E-state index is -0.334. The first-order valence-corrected chi connectivity index (χ1v) is 14.2. The maximum absolute atomic E-state index is 13.7. The van der Waals surface area contributed by atoms with E-state index < -0.39 is 0 Å². The van der Waals surface area contributed by atoms with Crippen LogP contribution >= 0.6 is 0 Å². The van der Waals surface area contributed by atoms with Gasteiger partial charge < -0.3 is 9.47 Å². The number of para-hydroxylation sites is 2. The molecule has 208 valence electrons. The summed E-state index contributed by atoms with van der Waals surface area (Å²) in [5.74, 6) is 0.899. The van der Waals surface area contributed by atoms with Crippen LogP contribution in [-0.2, 0) is 20.7 Å². The van der Waals surface area contributed by atoms with E-state index in [1.165, 1.54) is 11.1 Å². The molecular formula is C35H35N3O3. The molecule has 2 aliphatic heterocycles. The van der Waals surface area contributed by atoms with Crippen molar-refractivity contribution >= 4 is 17.3 Å². The summed E-state index contributed by atoms with van der Waals surface area (Å²) in [4.78, 5) is 20.2. The smallest absolute Gasteiger partial charge is 0.245 e. The van der Waals surface area contributed by atoms with Crippen LogP contribution in [0.3, 0.4) is 0 Å². The summed E-state index contributed by atoms with van der Waals surface area (Å²) in [5.41, 5.74) is 4.11. The normalized spacial score (nSPS) is 18.1.